The van der Waals surface area contributed by atoms with Crippen molar-refractivity contribution < 1.29 is 19.1 Å². The van der Waals surface area contributed by atoms with Crippen molar-refractivity contribution in [2.45, 2.75) is 13.0 Å². The van der Waals surface area contributed by atoms with Gasteiger partial charge < -0.3 is 14.0 Å². The van der Waals surface area contributed by atoms with Crippen molar-refractivity contribution in [3.8, 4) is 11.5 Å². The fraction of sp³-hybridized carbons (Fsp3) is 0.182. The van der Waals surface area contributed by atoms with Crippen LogP contribution >= 0.6 is 11.8 Å². The molecule has 2 heterocycles. The molecular formula is C22H20N2O4S. The van der Waals surface area contributed by atoms with E-state index < -0.39 is 0 Å². The number of nitrogens with zero attached hydrogens (tertiary/aromatic N) is 1. The van der Waals surface area contributed by atoms with E-state index >= 15 is 0 Å². The molecule has 29 heavy (non-hydrogen) atoms. The number of amides is 2. The van der Waals surface area contributed by atoms with Crippen molar-refractivity contribution in [2.75, 3.05) is 13.7 Å². The lowest BCUT2D eigenvalue weighted by atomic mass is 10.1. The first kappa shape index (κ1) is 19.1. The molecule has 0 bridgehead atoms. The first-order chi connectivity index (χ1) is 14.2. The number of para-hydroxylation sites is 3. The summed E-state index contributed by atoms with van der Waals surface area (Å²) in [7, 11) is 1.63. The summed E-state index contributed by atoms with van der Waals surface area (Å²) >= 11 is 0.929. The van der Waals surface area contributed by atoms with Gasteiger partial charge in [0.05, 0.1) is 18.6 Å². The molecule has 0 aliphatic carbocycles. The van der Waals surface area contributed by atoms with E-state index in [0.717, 1.165) is 52.7 Å². The van der Waals surface area contributed by atoms with E-state index in [2.05, 4.69) is 9.88 Å². The number of hydrogen-bond donors (Lipinski definition) is 1. The van der Waals surface area contributed by atoms with Crippen LogP contribution < -0.4 is 14.8 Å². The number of nitrogens with one attached hydrogen (secondary N) is 1. The van der Waals surface area contributed by atoms with E-state index in [9.17, 15) is 9.59 Å². The van der Waals surface area contributed by atoms with Crippen LogP contribution in [0.3, 0.4) is 0 Å². The van der Waals surface area contributed by atoms with Gasteiger partial charge in [-0.2, -0.15) is 0 Å². The van der Waals surface area contributed by atoms with Crippen molar-refractivity contribution in [3.63, 3.8) is 0 Å². The van der Waals surface area contributed by atoms with Crippen LogP contribution in [0.15, 0.2) is 59.6 Å². The van der Waals surface area contributed by atoms with Crippen molar-refractivity contribution in [1.29, 1.82) is 0 Å². The summed E-state index contributed by atoms with van der Waals surface area (Å²) in [5, 5.41) is 3.00. The highest BCUT2D eigenvalue weighted by Crippen LogP contribution is 2.30. The summed E-state index contributed by atoms with van der Waals surface area (Å²) in [5.74, 6) is 1.10. The fourth-order valence-corrected chi connectivity index (χ4v) is 3.97. The number of benzene rings is 2. The van der Waals surface area contributed by atoms with Gasteiger partial charge >= 0.3 is 0 Å². The second kappa shape index (κ2) is 8.45. The monoisotopic (exact) mass is 408 g/mol. The number of fused-ring (bicyclic) bond motifs is 1. The molecule has 1 aliphatic rings. The molecule has 4 rings (SSSR count). The minimum Gasteiger partial charge on any atom is -0.493 e. The van der Waals surface area contributed by atoms with Gasteiger partial charge in [-0.05, 0) is 42.5 Å². The molecule has 2 amide bonds. The van der Waals surface area contributed by atoms with Gasteiger partial charge in [-0.3, -0.25) is 14.9 Å². The standard InChI is InChI=1S/C22H20N2O4S/c1-27-18-9-4-5-10-19(18)28-12-6-11-24-14-15(16-7-2-3-8-17(16)24)13-20-21(25)23-22(26)29-20/h2-5,7-10,13-14H,6,11-12H2,1H3,(H,23,25,26)/b20-13-. The van der Waals surface area contributed by atoms with E-state index in [4.69, 9.17) is 9.47 Å². The Morgan fingerprint density at radius 3 is 2.59 bits per heavy atom. The number of ether oxygens (including phenoxy) is 2. The van der Waals surface area contributed by atoms with Crippen molar-refractivity contribution in [1.82, 2.24) is 9.88 Å². The highest BCUT2D eigenvalue weighted by molar-refractivity contribution is 8.18. The van der Waals surface area contributed by atoms with Crippen LogP contribution in [0.1, 0.15) is 12.0 Å². The van der Waals surface area contributed by atoms with Gasteiger partial charge in [-0.15, -0.1) is 0 Å². The van der Waals surface area contributed by atoms with E-state index in [-0.39, 0.29) is 11.1 Å². The highest BCUT2D eigenvalue weighted by atomic mass is 32.2. The summed E-state index contributed by atoms with van der Waals surface area (Å²) < 4.78 is 13.3. The Morgan fingerprint density at radius 1 is 1.07 bits per heavy atom. The van der Waals surface area contributed by atoms with Crippen LogP contribution in [0.4, 0.5) is 4.79 Å². The predicted octanol–water partition coefficient (Wildman–Crippen LogP) is 4.44. The Bertz CT molecular complexity index is 1100. The molecular weight excluding hydrogens is 388 g/mol. The van der Waals surface area contributed by atoms with Gasteiger partial charge in [0.1, 0.15) is 0 Å². The third kappa shape index (κ3) is 4.14. The normalized spacial score (nSPS) is 15.1. The third-order valence-electron chi connectivity index (χ3n) is 4.62. The first-order valence-corrected chi connectivity index (χ1v) is 10.1. The van der Waals surface area contributed by atoms with Crippen LogP contribution in [-0.4, -0.2) is 29.4 Å². The van der Waals surface area contributed by atoms with E-state index in [1.165, 1.54) is 0 Å². The molecule has 1 saturated heterocycles. The van der Waals surface area contributed by atoms with Gasteiger partial charge in [0.25, 0.3) is 11.1 Å². The van der Waals surface area contributed by atoms with Crippen molar-refractivity contribution in [3.05, 3.63) is 65.2 Å². The van der Waals surface area contributed by atoms with Gasteiger partial charge in [-0.25, -0.2) is 0 Å². The number of aryl methyl sites for hydroxylation is 1. The van der Waals surface area contributed by atoms with Gasteiger partial charge in [-0.1, -0.05) is 30.3 Å². The summed E-state index contributed by atoms with van der Waals surface area (Å²) in [6, 6.07) is 15.6. The molecule has 0 unspecified atom stereocenters. The van der Waals surface area contributed by atoms with Crippen LogP contribution in [0.25, 0.3) is 17.0 Å². The first-order valence-electron chi connectivity index (χ1n) is 9.24. The highest BCUT2D eigenvalue weighted by Gasteiger charge is 2.25. The van der Waals surface area contributed by atoms with Gasteiger partial charge in [0, 0.05) is 29.2 Å². The van der Waals surface area contributed by atoms with Crippen LogP contribution in [0.5, 0.6) is 11.5 Å². The van der Waals surface area contributed by atoms with Crippen LogP contribution in [0.2, 0.25) is 0 Å². The SMILES string of the molecule is COc1ccccc1OCCCn1cc(/C=C2\SC(=O)NC2=O)c2ccccc21. The smallest absolute Gasteiger partial charge is 0.290 e. The number of imide groups is 1. The lowest BCUT2D eigenvalue weighted by Gasteiger charge is -2.11. The Kier molecular flexibility index (Phi) is 5.57. The number of aromatic nitrogens is 1. The number of carbonyl (C=O) groups is 2. The molecule has 3 aromatic rings. The molecule has 1 N–H and O–H groups in total. The quantitative estimate of drug-likeness (QED) is 0.462. The molecule has 0 atom stereocenters. The maximum atomic E-state index is 11.9. The maximum absolute atomic E-state index is 11.9. The Labute approximate surface area is 172 Å². The second-order valence-electron chi connectivity index (χ2n) is 6.50. The van der Waals surface area contributed by atoms with Crippen LogP contribution in [-0.2, 0) is 11.3 Å². The summed E-state index contributed by atoms with van der Waals surface area (Å²) in [4.78, 5) is 23.7. The largest absolute Gasteiger partial charge is 0.493 e. The molecule has 0 spiro atoms. The minimum absolute atomic E-state index is 0.335. The molecule has 1 fully saturated rings. The lowest BCUT2D eigenvalue weighted by Crippen LogP contribution is -2.17. The number of rotatable bonds is 7. The van der Waals surface area contributed by atoms with E-state index in [0.29, 0.717) is 11.5 Å². The van der Waals surface area contributed by atoms with E-state index in [1.807, 2.05) is 54.7 Å². The molecule has 148 valence electrons. The van der Waals surface area contributed by atoms with Crippen molar-refractivity contribution >= 4 is 39.9 Å². The number of thioether (sulfide) groups is 1. The zero-order chi connectivity index (χ0) is 20.2. The molecule has 0 saturated carbocycles. The Hall–Kier alpha value is -3.19. The third-order valence-corrected chi connectivity index (χ3v) is 5.43. The predicted molar refractivity (Wildman–Crippen MR) is 114 cm³/mol. The fourth-order valence-electron chi connectivity index (χ4n) is 3.29. The summed E-state index contributed by atoms with van der Waals surface area (Å²) in [6.07, 6.45) is 4.59. The summed E-state index contributed by atoms with van der Waals surface area (Å²) in [6.45, 7) is 1.31. The number of carbonyl (C=O) groups excluding carboxylic acids is 2. The zero-order valence-electron chi connectivity index (χ0n) is 15.9. The topological polar surface area (TPSA) is 69.6 Å². The molecule has 2 aromatic carbocycles. The summed E-state index contributed by atoms with van der Waals surface area (Å²) in [5.41, 5.74) is 1.99. The zero-order valence-corrected chi connectivity index (χ0v) is 16.7. The molecule has 7 heteroatoms. The Balaban J connectivity index is 1.49. The second-order valence-corrected chi connectivity index (χ2v) is 7.51. The van der Waals surface area contributed by atoms with Crippen molar-refractivity contribution in [2.24, 2.45) is 0 Å². The van der Waals surface area contributed by atoms with E-state index in [1.54, 1.807) is 13.2 Å². The van der Waals surface area contributed by atoms with Crippen LogP contribution in [0, 0.1) is 0 Å². The molecule has 6 nitrogen and oxygen atoms in total. The van der Waals surface area contributed by atoms with Gasteiger partial charge in [0.2, 0.25) is 0 Å². The lowest BCUT2D eigenvalue weighted by molar-refractivity contribution is -0.115. The number of hydrogen-bond acceptors (Lipinski definition) is 5. The number of methoxy groups -OCH3 is 1. The molecule has 0 radical (unpaired) electrons. The minimum atomic E-state index is -0.345. The van der Waals surface area contributed by atoms with Gasteiger partial charge in [0.15, 0.2) is 11.5 Å². The average Bonchev–Trinajstić information content (AvgIpc) is 3.25. The Morgan fingerprint density at radius 2 is 1.83 bits per heavy atom. The maximum Gasteiger partial charge on any atom is 0.290 e. The molecule has 1 aromatic heterocycles. The molecule has 1 aliphatic heterocycles. The average molecular weight is 408 g/mol.